The van der Waals surface area contributed by atoms with Gasteiger partial charge in [0, 0.05) is 19.2 Å². The van der Waals surface area contributed by atoms with E-state index in [-0.39, 0.29) is 5.91 Å². The molecule has 0 saturated heterocycles. The number of nitrogens with zero attached hydrogens (tertiary/aromatic N) is 3. The highest BCUT2D eigenvalue weighted by Gasteiger charge is 2.16. The summed E-state index contributed by atoms with van der Waals surface area (Å²) in [5.41, 5.74) is 9.46. The molecule has 0 radical (unpaired) electrons. The first kappa shape index (κ1) is 20.1. The average Bonchev–Trinajstić information content (AvgIpc) is 3.07. The van der Waals surface area contributed by atoms with Crippen molar-refractivity contribution in [1.82, 2.24) is 15.1 Å². The molecule has 1 aromatic heterocycles. The van der Waals surface area contributed by atoms with Crippen molar-refractivity contribution in [2.24, 2.45) is 0 Å². The molecular formula is C22H23N5O2. The minimum atomic E-state index is -0.141. The van der Waals surface area contributed by atoms with Crippen LogP contribution in [0.3, 0.4) is 0 Å². The van der Waals surface area contributed by atoms with Gasteiger partial charge in [-0.25, -0.2) is 4.68 Å². The Morgan fingerprint density at radius 3 is 2.76 bits per heavy atom. The van der Waals surface area contributed by atoms with Crippen LogP contribution in [0.1, 0.15) is 33.6 Å². The Hall–Kier alpha value is -3.63. The number of aromatic nitrogens is 2. The number of aryl methyl sites for hydroxylation is 1. The van der Waals surface area contributed by atoms with Crippen molar-refractivity contribution in [1.29, 1.82) is 5.26 Å². The SMILES string of the molecule is COCc1cccc(C(=O)NCCCc2nn(-c3ccccc3)c(N)c2C#N)c1. The smallest absolute Gasteiger partial charge is 0.251 e. The van der Waals surface area contributed by atoms with Gasteiger partial charge < -0.3 is 15.8 Å². The zero-order chi connectivity index (χ0) is 20.6. The Morgan fingerprint density at radius 2 is 2.03 bits per heavy atom. The lowest BCUT2D eigenvalue weighted by Gasteiger charge is -2.06. The van der Waals surface area contributed by atoms with Gasteiger partial charge in [-0.3, -0.25) is 4.79 Å². The van der Waals surface area contributed by atoms with Crippen molar-refractivity contribution in [3.8, 4) is 11.8 Å². The quantitative estimate of drug-likeness (QED) is 0.576. The molecule has 7 heteroatoms. The van der Waals surface area contributed by atoms with Crippen LogP contribution in [-0.2, 0) is 17.8 Å². The van der Waals surface area contributed by atoms with Crippen LogP contribution in [0.4, 0.5) is 5.82 Å². The molecule has 0 atom stereocenters. The summed E-state index contributed by atoms with van der Waals surface area (Å²) < 4.78 is 6.68. The first-order valence-electron chi connectivity index (χ1n) is 9.33. The van der Waals surface area contributed by atoms with Gasteiger partial charge in [0.1, 0.15) is 17.5 Å². The maximum absolute atomic E-state index is 12.3. The molecule has 0 unspecified atom stereocenters. The number of carbonyl (C=O) groups excluding carboxylic acids is 1. The number of rotatable bonds is 8. The standard InChI is InChI=1S/C22H23N5O2/c1-29-15-16-7-5-8-17(13-16)22(28)25-12-6-11-20-19(14-23)21(24)27(26-20)18-9-3-2-4-10-18/h2-5,7-10,13H,6,11-12,15,24H2,1H3,(H,25,28). The molecule has 0 aliphatic heterocycles. The topological polar surface area (TPSA) is 106 Å². The maximum Gasteiger partial charge on any atom is 0.251 e. The van der Waals surface area contributed by atoms with E-state index >= 15 is 0 Å². The summed E-state index contributed by atoms with van der Waals surface area (Å²) in [6, 6.07) is 18.9. The second-order valence-corrected chi connectivity index (χ2v) is 6.56. The summed E-state index contributed by atoms with van der Waals surface area (Å²) in [6.45, 7) is 0.930. The van der Waals surface area contributed by atoms with E-state index in [4.69, 9.17) is 10.5 Å². The van der Waals surface area contributed by atoms with Crippen LogP contribution in [0.2, 0.25) is 0 Å². The number of nitrogen functional groups attached to an aromatic ring is 1. The molecular weight excluding hydrogens is 366 g/mol. The van der Waals surface area contributed by atoms with E-state index in [1.807, 2.05) is 48.5 Å². The van der Waals surface area contributed by atoms with Crippen molar-refractivity contribution in [3.63, 3.8) is 0 Å². The molecule has 148 valence electrons. The zero-order valence-electron chi connectivity index (χ0n) is 16.3. The highest BCUT2D eigenvalue weighted by molar-refractivity contribution is 5.94. The number of nitrogens with two attached hydrogens (primary N) is 1. The van der Waals surface area contributed by atoms with E-state index in [2.05, 4.69) is 16.5 Å². The van der Waals surface area contributed by atoms with Gasteiger partial charge in [-0.15, -0.1) is 0 Å². The van der Waals surface area contributed by atoms with Crippen molar-refractivity contribution in [2.75, 3.05) is 19.4 Å². The summed E-state index contributed by atoms with van der Waals surface area (Å²) in [7, 11) is 1.62. The van der Waals surface area contributed by atoms with Gasteiger partial charge in [0.2, 0.25) is 0 Å². The molecule has 0 fully saturated rings. The van der Waals surface area contributed by atoms with Gasteiger partial charge in [0.25, 0.3) is 5.91 Å². The van der Waals surface area contributed by atoms with E-state index in [0.717, 1.165) is 11.3 Å². The number of ether oxygens (including phenoxy) is 1. The van der Waals surface area contributed by atoms with Gasteiger partial charge >= 0.3 is 0 Å². The maximum atomic E-state index is 12.3. The Balaban J connectivity index is 1.60. The summed E-state index contributed by atoms with van der Waals surface area (Å²) in [6.07, 6.45) is 1.18. The van der Waals surface area contributed by atoms with Crippen LogP contribution in [0.15, 0.2) is 54.6 Å². The Bertz CT molecular complexity index is 1020. The van der Waals surface area contributed by atoms with Crippen LogP contribution in [-0.4, -0.2) is 29.3 Å². The van der Waals surface area contributed by atoms with Gasteiger partial charge in [0.05, 0.1) is 18.0 Å². The van der Waals surface area contributed by atoms with E-state index < -0.39 is 0 Å². The summed E-state index contributed by atoms with van der Waals surface area (Å²) >= 11 is 0. The van der Waals surface area contributed by atoms with Crippen LogP contribution < -0.4 is 11.1 Å². The number of carbonyl (C=O) groups is 1. The number of nitrogens with one attached hydrogen (secondary N) is 1. The molecule has 3 N–H and O–H groups in total. The third kappa shape index (κ3) is 4.81. The van der Waals surface area contributed by atoms with Gasteiger partial charge in [0.15, 0.2) is 0 Å². The normalized spacial score (nSPS) is 10.5. The lowest BCUT2D eigenvalue weighted by atomic mass is 10.1. The molecule has 2 aromatic carbocycles. The number of hydrogen-bond donors (Lipinski definition) is 2. The highest BCUT2D eigenvalue weighted by Crippen LogP contribution is 2.21. The Morgan fingerprint density at radius 1 is 1.24 bits per heavy atom. The number of methoxy groups -OCH3 is 1. The number of para-hydroxylation sites is 1. The lowest BCUT2D eigenvalue weighted by Crippen LogP contribution is -2.25. The Labute approximate surface area is 169 Å². The molecule has 0 bridgehead atoms. The predicted octanol–water partition coefficient (Wildman–Crippen LogP) is 2.84. The zero-order valence-corrected chi connectivity index (χ0v) is 16.3. The van der Waals surface area contributed by atoms with Gasteiger partial charge in [-0.1, -0.05) is 30.3 Å². The fourth-order valence-corrected chi connectivity index (χ4v) is 3.07. The molecule has 0 aliphatic rings. The molecule has 0 aliphatic carbocycles. The van der Waals surface area contributed by atoms with E-state index in [9.17, 15) is 10.1 Å². The fraction of sp³-hybridized carbons (Fsp3) is 0.227. The summed E-state index contributed by atoms with van der Waals surface area (Å²) in [5.74, 6) is 0.186. The van der Waals surface area contributed by atoms with E-state index in [1.54, 1.807) is 17.9 Å². The predicted molar refractivity (Wildman–Crippen MR) is 111 cm³/mol. The molecule has 3 rings (SSSR count). The van der Waals surface area contributed by atoms with Crippen molar-refractivity contribution in [2.45, 2.75) is 19.4 Å². The molecule has 3 aromatic rings. The third-order valence-corrected chi connectivity index (χ3v) is 4.48. The van der Waals surface area contributed by atoms with Gasteiger partial charge in [-0.2, -0.15) is 10.4 Å². The highest BCUT2D eigenvalue weighted by atomic mass is 16.5. The van der Waals surface area contributed by atoms with Crippen LogP contribution in [0.5, 0.6) is 0 Å². The fourth-order valence-electron chi connectivity index (χ4n) is 3.07. The van der Waals surface area contributed by atoms with Crippen LogP contribution in [0, 0.1) is 11.3 Å². The third-order valence-electron chi connectivity index (χ3n) is 4.48. The molecule has 29 heavy (non-hydrogen) atoms. The van der Waals surface area contributed by atoms with Crippen molar-refractivity contribution < 1.29 is 9.53 Å². The van der Waals surface area contributed by atoms with Crippen molar-refractivity contribution in [3.05, 3.63) is 77.0 Å². The molecule has 1 amide bonds. The molecule has 1 heterocycles. The second kappa shape index (κ2) is 9.53. The second-order valence-electron chi connectivity index (χ2n) is 6.56. The van der Waals surface area contributed by atoms with Crippen LogP contribution >= 0.6 is 0 Å². The van der Waals surface area contributed by atoms with Crippen LogP contribution in [0.25, 0.3) is 5.69 Å². The lowest BCUT2D eigenvalue weighted by molar-refractivity contribution is 0.0953. The molecule has 7 nitrogen and oxygen atoms in total. The first-order valence-corrected chi connectivity index (χ1v) is 9.33. The Kier molecular flexibility index (Phi) is 6.61. The molecule has 0 spiro atoms. The number of hydrogen-bond acceptors (Lipinski definition) is 5. The summed E-state index contributed by atoms with van der Waals surface area (Å²) in [4.78, 5) is 12.3. The first-order chi connectivity index (χ1) is 14.1. The minimum Gasteiger partial charge on any atom is -0.382 e. The van der Waals surface area contributed by atoms with Crippen molar-refractivity contribution >= 4 is 11.7 Å². The van der Waals surface area contributed by atoms with Gasteiger partial charge in [-0.05, 0) is 42.7 Å². The van der Waals surface area contributed by atoms with E-state index in [0.29, 0.717) is 48.6 Å². The monoisotopic (exact) mass is 389 g/mol. The summed E-state index contributed by atoms with van der Waals surface area (Å²) in [5, 5.41) is 16.9. The molecule has 0 saturated carbocycles. The average molecular weight is 389 g/mol. The largest absolute Gasteiger partial charge is 0.382 e. The number of nitriles is 1. The number of anilines is 1. The van der Waals surface area contributed by atoms with E-state index in [1.165, 1.54) is 0 Å². The number of benzene rings is 2. The minimum absolute atomic E-state index is 0.141. The number of amides is 1.